The minimum atomic E-state index is -0.214. The molecule has 0 unspecified atom stereocenters. The van der Waals surface area contributed by atoms with Crippen molar-refractivity contribution in [3.05, 3.63) is 65.5 Å². The average molecular weight is 370 g/mol. The van der Waals surface area contributed by atoms with E-state index in [1.54, 1.807) is 18.2 Å². The standard InChI is InChI=1S/C18H18N4O3S/c1-12-6-8-13(9-7-12)25-10-17-20-21-18(22(17)19)26-11-16(24)14-4-2-3-5-15(14)23/h2-9,23H,10-11,19H2,1H3. The van der Waals surface area contributed by atoms with Gasteiger partial charge in [-0.3, -0.25) is 4.79 Å². The molecule has 1 heterocycles. The number of thioether (sulfide) groups is 1. The third-order valence-corrected chi connectivity index (χ3v) is 4.60. The van der Waals surface area contributed by atoms with E-state index in [0.717, 1.165) is 17.3 Å². The van der Waals surface area contributed by atoms with Crippen molar-refractivity contribution in [1.29, 1.82) is 0 Å². The Morgan fingerprint density at radius 1 is 1.19 bits per heavy atom. The number of phenols is 1. The molecule has 0 atom stereocenters. The van der Waals surface area contributed by atoms with Crippen LogP contribution in [0.15, 0.2) is 53.7 Å². The second-order valence-electron chi connectivity index (χ2n) is 5.60. The van der Waals surface area contributed by atoms with Gasteiger partial charge in [0, 0.05) is 0 Å². The van der Waals surface area contributed by atoms with Crippen LogP contribution in [0.25, 0.3) is 0 Å². The zero-order valence-electron chi connectivity index (χ0n) is 14.1. The van der Waals surface area contributed by atoms with Crippen molar-refractivity contribution in [2.45, 2.75) is 18.7 Å². The highest BCUT2D eigenvalue weighted by atomic mass is 32.2. The number of nitrogens with two attached hydrogens (primary N) is 1. The number of carbonyl (C=O) groups is 1. The second-order valence-corrected chi connectivity index (χ2v) is 6.54. The van der Waals surface area contributed by atoms with Crippen molar-refractivity contribution in [3.63, 3.8) is 0 Å². The Morgan fingerprint density at radius 2 is 1.92 bits per heavy atom. The first kappa shape index (κ1) is 17.8. The molecule has 1 aromatic heterocycles. The lowest BCUT2D eigenvalue weighted by molar-refractivity contribution is 0.102. The smallest absolute Gasteiger partial charge is 0.210 e. The molecule has 3 N–H and O–H groups in total. The van der Waals surface area contributed by atoms with E-state index in [0.29, 0.717) is 16.7 Å². The number of aromatic nitrogens is 3. The van der Waals surface area contributed by atoms with Crippen molar-refractivity contribution < 1.29 is 14.6 Å². The van der Waals surface area contributed by atoms with Gasteiger partial charge in [-0.15, -0.1) is 10.2 Å². The van der Waals surface area contributed by atoms with Gasteiger partial charge in [0.15, 0.2) is 11.6 Å². The summed E-state index contributed by atoms with van der Waals surface area (Å²) in [6.07, 6.45) is 0. The molecule has 0 fully saturated rings. The van der Waals surface area contributed by atoms with Crippen LogP contribution in [-0.2, 0) is 6.61 Å². The van der Waals surface area contributed by atoms with Gasteiger partial charge in [-0.05, 0) is 31.2 Å². The summed E-state index contributed by atoms with van der Waals surface area (Å²) in [6, 6.07) is 14.1. The molecule has 8 heteroatoms. The number of ketones is 1. The van der Waals surface area contributed by atoms with E-state index < -0.39 is 0 Å². The summed E-state index contributed by atoms with van der Waals surface area (Å²) in [5, 5.41) is 18.1. The van der Waals surface area contributed by atoms with Crippen molar-refractivity contribution in [3.8, 4) is 11.5 Å². The number of nitrogen functional groups attached to an aromatic ring is 1. The number of ether oxygens (including phenoxy) is 1. The van der Waals surface area contributed by atoms with Gasteiger partial charge in [0.25, 0.3) is 0 Å². The van der Waals surface area contributed by atoms with E-state index in [-0.39, 0.29) is 29.5 Å². The highest BCUT2D eigenvalue weighted by molar-refractivity contribution is 7.99. The summed E-state index contributed by atoms with van der Waals surface area (Å²) in [5.41, 5.74) is 1.41. The largest absolute Gasteiger partial charge is 0.507 e. The van der Waals surface area contributed by atoms with E-state index in [4.69, 9.17) is 10.6 Å². The molecule has 0 saturated carbocycles. The second kappa shape index (κ2) is 7.92. The Kier molecular flexibility index (Phi) is 5.43. The van der Waals surface area contributed by atoms with Crippen molar-refractivity contribution in [1.82, 2.24) is 14.9 Å². The summed E-state index contributed by atoms with van der Waals surface area (Å²) < 4.78 is 6.94. The Hall–Kier alpha value is -3.00. The molecule has 0 aliphatic carbocycles. The zero-order valence-corrected chi connectivity index (χ0v) is 14.9. The monoisotopic (exact) mass is 370 g/mol. The molecular formula is C18H18N4O3S. The fourth-order valence-electron chi connectivity index (χ4n) is 2.20. The number of nitrogens with zero attached hydrogens (tertiary/aromatic N) is 3. The zero-order chi connectivity index (χ0) is 18.5. The maximum Gasteiger partial charge on any atom is 0.210 e. The predicted octanol–water partition coefficient (Wildman–Crippen LogP) is 2.56. The Labute approximate surface area is 154 Å². The van der Waals surface area contributed by atoms with Crippen LogP contribution < -0.4 is 10.6 Å². The van der Waals surface area contributed by atoms with Crippen LogP contribution in [-0.4, -0.2) is 31.5 Å². The summed E-state index contributed by atoms with van der Waals surface area (Å²) in [7, 11) is 0. The molecule has 2 aromatic carbocycles. The number of rotatable bonds is 7. The Bertz CT molecular complexity index is 909. The van der Waals surface area contributed by atoms with Crippen LogP contribution >= 0.6 is 11.8 Å². The minimum absolute atomic E-state index is 0.0421. The van der Waals surface area contributed by atoms with Crippen LogP contribution in [0.3, 0.4) is 0 Å². The van der Waals surface area contributed by atoms with Gasteiger partial charge in [-0.1, -0.05) is 41.6 Å². The molecule has 0 aliphatic heterocycles. The van der Waals surface area contributed by atoms with Gasteiger partial charge in [-0.25, -0.2) is 4.68 Å². The number of aryl methyl sites for hydroxylation is 1. The number of hydrogen-bond acceptors (Lipinski definition) is 7. The number of benzene rings is 2. The van der Waals surface area contributed by atoms with Gasteiger partial charge >= 0.3 is 0 Å². The SMILES string of the molecule is Cc1ccc(OCc2nnc(SCC(=O)c3ccccc3O)n2N)cc1. The fraction of sp³-hybridized carbons (Fsp3) is 0.167. The Balaban J connectivity index is 1.59. The van der Waals surface area contributed by atoms with E-state index in [1.165, 1.54) is 10.7 Å². The van der Waals surface area contributed by atoms with Gasteiger partial charge in [0.1, 0.15) is 18.1 Å². The highest BCUT2D eigenvalue weighted by Gasteiger charge is 2.15. The van der Waals surface area contributed by atoms with Crippen LogP contribution in [0.2, 0.25) is 0 Å². The lowest BCUT2D eigenvalue weighted by Crippen LogP contribution is -2.16. The predicted molar refractivity (Wildman–Crippen MR) is 98.8 cm³/mol. The molecule has 0 aliphatic rings. The van der Waals surface area contributed by atoms with Gasteiger partial charge in [0.05, 0.1) is 11.3 Å². The summed E-state index contributed by atoms with van der Waals surface area (Å²) >= 11 is 1.15. The first-order valence-electron chi connectivity index (χ1n) is 7.87. The van der Waals surface area contributed by atoms with Crippen LogP contribution in [0.5, 0.6) is 11.5 Å². The van der Waals surface area contributed by atoms with Gasteiger partial charge < -0.3 is 15.7 Å². The van der Waals surface area contributed by atoms with Gasteiger partial charge in [0.2, 0.25) is 5.16 Å². The summed E-state index contributed by atoms with van der Waals surface area (Å²) in [4.78, 5) is 12.2. The molecule has 0 bridgehead atoms. The van der Waals surface area contributed by atoms with Crippen molar-refractivity contribution in [2.75, 3.05) is 11.6 Å². The summed E-state index contributed by atoms with van der Waals surface area (Å²) in [6.45, 7) is 2.17. The van der Waals surface area contributed by atoms with Crippen molar-refractivity contribution in [2.24, 2.45) is 0 Å². The maximum absolute atomic E-state index is 12.2. The molecular weight excluding hydrogens is 352 g/mol. The fourth-order valence-corrected chi connectivity index (χ4v) is 2.96. The third kappa shape index (κ3) is 4.15. The van der Waals surface area contributed by atoms with E-state index >= 15 is 0 Å². The number of Topliss-reactive ketones (excluding diaryl/α,β-unsaturated/α-hetero) is 1. The average Bonchev–Trinajstić information content (AvgIpc) is 2.99. The first-order chi connectivity index (χ1) is 12.5. The maximum atomic E-state index is 12.2. The quantitative estimate of drug-likeness (QED) is 0.374. The highest BCUT2D eigenvalue weighted by Crippen LogP contribution is 2.21. The summed E-state index contributed by atoms with van der Waals surface area (Å²) in [5.74, 6) is 6.97. The molecule has 26 heavy (non-hydrogen) atoms. The van der Waals surface area contributed by atoms with Gasteiger partial charge in [-0.2, -0.15) is 0 Å². The molecule has 7 nitrogen and oxygen atoms in total. The molecule has 134 valence electrons. The molecule has 3 aromatic rings. The third-order valence-electron chi connectivity index (χ3n) is 3.66. The van der Waals surface area contributed by atoms with E-state index in [2.05, 4.69) is 10.2 Å². The van der Waals surface area contributed by atoms with Crippen LogP contribution in [0.4, 0.5) is 0 Å². The number of para-hydroxylation sites is 1. The molecule has 0 spiro atoms. The topological polar surface area (TPSA) is 103 Å². The number of carbonyl (C=O) groups excluding carboxylic acids is 1. The van der Waals surface area contributed by atoms with Crippen molar-refractivity contribution >= 4 is 17.5 Å². The van der Waals surface area contributed by atoms with Crippen LogP contribution in [0.1, 0.15) is 21.7 Å². The Morgan fingerprint density at radius 3 is 2.65 bits per heavy atom. The minimum Gasteiger partial charge on any atom is -0.507 e. The number of phenolic OH excluding ortho intramolecular Hbond substituents is 1. The normalized spacial score (nSPS) is 10.7. The molecule has 0 radical (unpaired) electrons. The molecule has 0 saturated heterocycles. The molecule has 3 rings (SSSR count). The molecule has 0 amide bonds. The number of aromatic hydroxyl groups is 1. The van der Waals surface area contributed by atoms with E-state index in [1.807, 2.05) is 31.2 Å². The lowest BCUT2D eigenvalue weighted by Gasteiger charge is -2.07. The lowest BCUT2D eigenvalue weighted by atomic mass is 10.1. The van der Waals surface area contributed by atoms with E-state index in [9.17, 15) is 9.90 Å². The number of hydrogen-bond donors (Lipinski definition) is 2. The van der Waals surface area contributed by atoms with Crippen LogP contribution in [0, 0.1) is 6.92 Å². The first-order valence-corrected chi connectivity index (χ1v) is 8.86.